The Morgan fingerprint density at radius 2 is 1.95 bits per heavy atom. The number of hydrogen-bond donors (Lipinski definition) is 1. The van der Waals surface area contributed by atoms with Crippen LogP contribution in [-0.4, -0.2) is 34.7 Å². The van der Waals surface area contributed by atoms with Crippen molar-refractivity contribution in [1.82, 2.24) is 9.88 Å². The number of carbonyl (C=O) groups excluding carboxylic acids is 2. The fourth-order valence-corrected chi connectivity index (χ4v) is 2.80. The number of hydrogen-bond acceptors (Lipinski definition) is 4. The summed E-state index contributed by atoms with van der Waals surface area (Å²) in [7, 11) is 0. The maximum atomic E-state index is 12.4. The fraction of sp³-hybridized carbons (Fsp3) is 0.385. The van der Waals surface area contributed by atoms with Gasteiger partial charge in [0.25, 0.3) is 0 Å². The largest absolute Gasteiger partial charge is 0.655 e. The summed E-state index contributed by atoms with van der Waals surface area (Å²) < 4.78 is 0. The van der Waals surface area contributed by atoms with E-state index in [1.807, 2.05) is 4.90 Å². The average molecular weight is 697 g/mol. The summed E-state index contributed by atoms with van der Waals surface area (Å²) in [6.45, 7) is 1.66. The van der Waals surface area contributed by atoms with Gasteiger partial charge in [-0.2, -0.15) is 0 Å². The van der Waals surface area contributed by atoms with Crippen molar-refractivity contribution in [3.05, 3.63) is 34.3 Å². The first-order chi connectivity index (χ1) is 8.66. The predicted octanol–water partition coefficient (Wildman–Crippen LogP) is 0.202. The summed E-state index contributed by atoms with van der Waals surface area (Å²) in [5.41, 5.74) is 2.47. The number of Topliss-reactive ketones (excluding diaryl/α,β-unsaturated/α-hetero) is 1. The molecule has 98 valence electrons. The molecule has 0 bridgehead atoms. The minimum absolute atomic E-state index is 0. The Balaban J connectivity index is 0.000000735. The Morgan fingerprint density at radius 1 is 1.25 bits per heavy atom. The Morgan fingerprint density at radius 3 is 2.60 bits per heavy atom. The van der Waals surface area contributed by atoms with E-state index >= 15 is 0 Å². The zero-order chi connectivity index (χ0) is 12.4. The molecular weight excluding hydrogens is 686 g/mol. The van der Waals surface area contributed by atoms with E-state index in [1.165, 1.54) is 6.08 Å². The van der Waals surface area contributed by atoms with Crippen molar-refractivity contribution in [3.8, 4) is 0 Å². The summed E-state index contributed by atoms with van der Waals surface area (Å²) >= 11 is 0. The van der Waals surface area contributed by atoms with Crippen LogP contribution in [0.3, 0.4) is 0 Å². The standard InChI is InChI=1S/C13H12N2O3.2Ac/c16-8-2-1-6-10-12(14-11(6)8)9(17)5-7(13(10)18)15-3-4-15;;/h5,8,16H,1-4H2,(H,14,17,18);;/p-1. The van der Waals surface area contributed by atoms with Gasteiger partial charge in [0.1, 0.15) is 0 Å². The molecule has 1 atom stereocenters. The Kier molecular flexibility index (Phi) is 5.42. The quantitative estimate of drug-likeness (QED) is 0.426. The number of aliphatic hydroxyl groups is 1. The zero-order valence-electron chi connectivity index (χ0n) is 10.8. The maximum Gasteiger partial charge on any atom is 0.208 e. The van der Waals surface area contributed by atoms with Gasteiger partial charge >= 0.3 is 0 Å². The van der Waals surface area contributed by atoms with Crippen LogP contribution < -0.4 is 4.98 Å². The van der Waals surface area contributed by atoms with E-state index < -0.39 is 6.10 Å². The molecule has 4 rings (SSSR count). The van der Waals surface area contributed by atoms with Gasteiger partial charge in [-0.1, -0.05) is 11.3 Å². The van der Waals surface area contributed by atoms with Crippen LogP contribution in [0.1, 0.15) is 44.6 Å². The third-order valence-corrected chi connectivity index (χ3v) is 3.81. The summed E-state index contributed by atoms with van der Waals surface area (Å²) in [4.78, 5) is 30.4. The molecule has 1 N–H and O–H groups in total. The first-order valence-electron chi connectivity index (χ1n) is 6.10. The molecule has 0 spiro atoms. The molecule has 7 heteroatoms. The van der Waals surface area contributed by atoms with Crippen molar-refractivity contribution < 1.29 is 103 Å². The molecule has 2 radical (unpaired) electrons. The third-order valence-electron chi connectivity index (χ3n) is 3.81. The third kappa shape index (κ3) is 2.56. The molecule has 2 aliphatic carbocycles. The second-order valence-corrected chi connectivity index (χ2v) is 4.96. The minimum atomic E-state index is -0.629. The summed E-state index contributed by atoms with van der Waals surface area (Å²) in [5.74, 6) is -0.321. The van der Waals surface area contributed by atoms with Crippen molar-refractivity contribution in [3.63, 3.8) is 0 Å². The molecule has 5 nitrogen and oxygen atoms in total. The summed E-state index contributed by atoms with van der Waals surface area (Å²) in [6.07, 6.45) is 1.97. The molecule has 3 aliphatic rings. The number of fused-ring (bicyclic) bond motifs is 3. The molecule has 0 aromatic carbocycles. The molecule has 1 unspecified atom stereocenters. The Bertz CT molecular complexity index is 632. The molecular formula is C13H11Ac2N2O3-. The van der Waals surface area contributed by atoms with E-state index in [9.17, 15) is 14.7 Å². The molecule has 1 saturated heterocycles. The first-order valence-corrected chi connectivity index (χ1v) is 6.10. The number of carbonyl (C=O) groups is 2. The molecule has 1 aromatic rings. The van der Waals surface area contributed by atoms with Crippen molar-refractivity contribution in [1.29, 1.82) is 0 Å². The van der Waals surface area contributed by atoms with Gasteiger partial charge in [-0.25, -0.2) is 0 Å². The number of rotatable bonds is 1. The van der Waals surface area contributed by atoms with E-state index in [-0.39, 0.29) is 105 Å². The van der Waals surface area contributed by atoms with Crippen LogP contribution in [0.25, 0.3) is 0 Å². The molecule has 0 amide bonds. The van der Waals surface area contributed by atoms with Crippen molar-refractivity contribution in [2.45, 2.75) is 18.9 Å². The van der Waals surface area contributed by atoms with Crippen LogP contribution >= 0.6 is 0 Å². The second-order valence-electron chi connectivity index (χ2n) is 4.96. The van der Waals surface area contributed by atoms with E-state index in [2.05, 4.69) is 4.98 Å². The van der Waals surface area contributed by atoms with Gasteiger partial charge in [-0.3, -0.25) is 9.59 Å². The Labute approximate surface area is 187 Å². The summed E-state index contributed by atoms with van der Waals surface area (Å²) in [6, 6.07) is 0. The van der Waals surface area contributed by atoms with E-state index in [1.54, 1.807) is 0 Å². The normalized spacial score (nSPS) is 22.6. The monoisotopic (exact) mass is 697 g/mol. The maximum absolute atomic E-state index is 12.4. The van der Waals surface area contributed by atoms with Crippen molar-refractivity contribution >= 4 is 11.6 Å². The molecule has 1 fully saturated rings. The van der Waals surface area contributed by atoms with Gasteiger partial charge in [0.05, 0.1) is 11.8 Å². The van der Waals surface area contributed by atoms with Gasteiger partial charge in [-0.05, 0) is 12.8 Å². The SMILES string of the molecule is O=C1C=C(N2CC2)C(=O)c2c1[n-]c1c2CCC1O.[Ac].[Ac]. The van der Waals surface area contributed by atoms with Crippen molar-refractivity contribution in [2.75, 3.05) is 13.1 Å². The van der Waals surface area contributed by atoms with Gasteiger partial charge in [0.15, 0.2) is 5.78 Å². The summed E-state index contributed by atoms with van der Waals surface area (Å²) in [5, 5.41) is 9.78. The van der Waals surface area contributed by atoms with Crippen LogP contribution in [0, 0.1) is 88.1 Å². The van der Waals surface area contributed by atoms with Gasteiger partial charge in [0, 0.05) is 113 Å². The Hall–Kier alpha value is 1.00. The predicted molar refractivity (Wildman–Crippen MR) is 61.4 cm³/mol. The van der Waals surface area contributed by atoms with Crippen LogP contribution in [0.4, 0.5) is 0 Å². The van der Waals surface area contributed by atoms with Crippen LogP contribution in [0.2, 0.25) is 0 Å². The molecule has 0 saturated carbocycles. The molecule has 20 heavy (non-hydrogen) atoms. The number of nitrogens with zero attached hydrogens (tertiary/aromatic N) is 2. The van der Waals surface area contributed by atoms with Crippen LogP contribution in [0.5, 0.6) is 0 Å². The molecule has 1 aliphatic heterocycles. The minimum Gasteiger partial charge on any atom is -0.655 e. The average Bonchev–Trinajstić information content (AvgIpc) is 3.01. The van der Waals surface area contributed by atoms with Gasteiger partial charge < -0.3 is 15.0 Å². The van der Waals surface area contributed by atoms with E-state index in [4.69, 9.17) is 0 Å². The number of allylic oxidation sites excluding steroid dienone is 2. The number of aromatic nitrogens is 1. The molecule has 2 heterocycles. The number of aliphatic hydroxyl groups excluding tert-OH is 1. The molecule has 1 aromatic heterocycles. The van der Waals surface area contributed by atoms with E-state index in [0.29, 0.717) is 29.8 Å². The zero-order valence-corrected chi connectivity index (χ0v) is 20.3. The number of ketones is 2. The van der Waals surface area contributed by atoms with Gasteiger partial charge in [-0.15, -0.1) is 5.69 Å². The van der Waals surface area contributed by atoms with Gasteiger partial charge in [0.2, 0.25) is 5.78 Å². The van der Waals surface area contributed by atoms with Crippen LogP contribution in [0.15, 0.2) is 11.8 Å². The fourth-order valence-electron chi connectivity index (χ4n) is 2.80. The van der Waals surface area contributed by atoms with Crippen molar-refractivity contribution in [2.24, 2.45) is 0 Å². The second kappa shape index (κ2) is 6.25. The van der Waals surface area contributed by atoms with Crippen LogP contribution in [-0.2, 0) is 6.42 Å². The first kappa shape index (κ1) is 17.4. The van der Waals surface area contributed by atoms with E-state index in [0.717, 1.165) is 18.7 Å². The topological polar surface area (TPSA) is 71.5 Å². The smallest absolute Gasteiger partial charge is 0.208 e.